The highest BCUT2D eigenvalue weighted by Crippen LogP contribution is 2.15. The van der Waals surface area contributed by atoms with Crippen molar-refractivity contribution in [3.05, 3.63) is 0 Å². The van der Waals surface area contributed by atoms with E-state index >= 15 is 0 Å². The Bertz CT molecular complexity index is 488. The van der Waals surface area contributed by atoms with Crippen molar-refractivity contribution in [1.82, 2.24) is 0 Å². The number of amides is 1. The first-order valence-electron chi connectivity index (χ1n) is 6.49. The minimum Gasteiger partial charge on any atom is -0.462 e. The van der Waals surface area contributed by atoms with Crippen LogP contribution in [0.4, 0.5) is 0 Å². The molecule has 23 heavy (non-hydrogen) atoms. The van der Waals surface area contributed by atoms with Gasteiger partial charge in [-0.1, -0.05) is 0 Å². The smallest absolute Gasteiger partial charge is 0.303 e. The topological polar surface area (TPSA) is 148 Å². The quantitative estimate of drug-likeness (QED) is 0.428. The van der Waals surface area contributed by atoms with E-state index < -0.39 is 54.7 Å². The fraction of sp³-hybridized carbons (Fsp3) is 0.615. The molecule has 0 bridgehead atoms. The Labute approximate surface area is 132 Å². The maximum atomic E-state index is 11.5. The number of carbonyl (C=O) groups is 5. The first-order chi connectivity index (χ1) is 10.5. The van der Waals surface area contributed by atoms with Gasteiger partial charge in [0, 0.05) is 27.7 Å². The lowest BCUT2D eigenvalue weighted by Crippen LogP contribution is -2.52. The fourth-order valence-electron chi connectivity index (χ4n) is 1.60. The van der Waals surface area contributed by atoms with E-state index in [4.69, 9.17) is 24.7 Å². The molecule has 0 radical (unpaired) electrons. The van der Waals surface area contributed by atoms with Crippen LogP contribution >= 0.6 is 0 Å². The van der Waals surface area contributed by atoms with Crippen LogP contribution in [0.3, 0.4) is 0 Å². The summed E-state index contributed by atoms with van der Waals surface area (Å²) in [6, 6.07) is 0. The third kappa shape index (κ3) is 8.39. The Hall–Kier alpha value is -2.65. The molecular weight excluding hydrogens is 314 g/mol. The summed E-state index contributed by atoms with van der Waals surface area (Å²) in [5, 5.41) is 0. The van der Waals surface area contributed by atoms with Gasteiger partial charge in [0.05, 0.1) is 0 Å². The average molecular weight is 333 g/mol. The van der Waals surface area contributed by atoms with Crippen molar-refractivity contribution in [1.29, 1.82) is 0 Å². The van der Waals surface area contributed by atoms with Crippen LogP contribution in [-0.4, -0.2) is 54.7 Å². The number of primary amides is 1. The molecule has 0 aromatic rings. The van der Waals surface area contributed by atoms with Gasteiger partial charge in [-0.25, -0.2) is 0 Å². The molecule has 0 saturated carbocycles. The molecule has 3 atom stereocenters. The molecule has 0 spiro atoms. The minimum absolute atomic E-state index is 0.530. The van der Waals surface area contributed by atoms with Crippen molar-refractivity contribution < 1.29 is 42.9 Å². The lowest BCUT2D eigenvalue weighted by Gasteiger charge is -2.29. The Morgan fingerprint density at radius 1 is 0.783 bits per heavy atom. The Morgan fingerprint density at radius 2 is 1.26 bits per heavy atom. The summed E-state index contributed by atoms with van der Waals surface area (Å²) in [6.45, 7) is 3.65. The molecule has 0 saturated heterocycles. The summed E-state index contributed by atoms with van der Waals surface area (Å²) < 4.78 is 19.2. The molecule has 2 N–H and O–H groups in total. The molecule has 1 amide bonds. The monoisotopic (exact) mass is 333 g/mol. The molecule has 0 aromatic heterocycles. The summed E-state index contributed by atoms with van der Waals surface area (Å²) in [5.41, 5.74) is 5.13. The van der Waals surface area contributed by atoms with Crippen LogP contribution in [0, 0.1) is 0 Å². The zero-order valence-electron chi connectivity index (χ0n) is 13.2. The lowest BCUT2D eigenvalue weighted by atomic mass is 10.1. The maximum Gasteiger partial charge on any atom is 0.303 e. The molecule has 0 aliphatic heterocycles. The summed E-state index contributed by atoms with van der Waals surface area (Å²) in [6.07, 6.45) is -4.69. The van der Waals surface area contributed by atoms with Gasteiger partial charge in [0.1, 0.15) is 6.61 Å². The predicted octanol–water partition coefficient (Wildman–Crippen LogP) is -1.17. The van der Waals surface area contributed by atoms with Gasteiger partial charge in [-0.3, -0.25) is 24.0 Å². The van der Waals surface area contributed by atoms with E-state index in [1.165, 1.54) is 0 Å². The van der Waals surface area contributed by atoms with E-state index in [1.54, 1.807) is 0 Å². The number of hydrogen-bond acceptors (Lipinski definition) is 9. The molecule has 0 aromatic carbocycles. The third-order valence-electron chi connectivity index (χ3n) is 2.31. The van der Waals surface area contributed by atoms with Crippen LogP contribution in [0.5, 0.6) is 0 Å². The molecule has 130 valence electrons. The number of nitrogens with two attached hydrogens (primary N) is 1. The Kier molecular flexibility index (Phi) is 8.30. The highest BCUT2D eigenvalue weighted by molar-refractivity contribution is 5.83. The summed E-state index contributed by atoms with van der Waals surface area (Å²) in [5.74, 6) is -4.36. The number of rotatable bonds is 8. The van der Waals surface area contributed by atoms with Gasteiger partial charge in [-0.2, -0.15) is 0 Å². The first kappa shape index (κ1) is 20.3. The zero-order chi connectivity index (χ0) is 18.2. The van der Waals surface area contributed by atoms with Crippen LogP contribution < -0.4 is 5.73 Å². The molecule has 0 fully saturated rings. The molecule has 0 aliphatic carbocycles. The second kappa shape index (κ2) is 9.38. The van der Waals surface area contributed by atoms with Crippen molar-refractivity contribution in [3.8, 4) is 0 Å². The number of ether oxygens (including phenoxy) is 4. The maximum absolute atomic E-state index is 11.5. The van der Waals surface area contributed by atoms with Gasteiger partial charge in [0.2, 0.25) is 6.10 Å². The molecule has 10 heteroatoms. The summed E-state index contributed by atoms with van der Waals surface area (Å²) in [7, 11) is 0. The largest absolute Gasteiger partial charge is 0.462 e. The van der Waals surface area contributed by atoms with Crippen molar-refractivity contribution in [2.75, 3.05) is 6.61 Å². The van der Waals surface area contributed by atoms with Gasteiger partial charge in [0.15, 0.2) is 12.2 Å². The molecular formula is C13H19NO9. The standard InChI is InChI=1S/C13H19NO9/c1-6(15)20-5-10(21-7(2)16)11(22-8(3)17)12(13(14)19)23-9(4)18/h10-12H,5H2,1-4H3,(H2,14,19)/t10-,11+,12+/m1/s1. The van der Waals surface area contributed by atoms with Gasteiger partial charge in [-0.15, -0.1) is 0 Å². The highest BCUT2D eigenvalue weighted by atomic mass is 16.6. The van der Waals surface area contributed by atoms with Gasteiger partial charge in [-0.05, 0) is 0 Å². The van der Waals surface area contributed by atoms with E-state index in [-0.39, 0.29) is 0 Å². The second-order valence-corrected chi connectivity index (χ2v) is 4.46. The SMILES string of the molecule is CC(=O)OC[C@@H](OC(C)=O)[C@H](OC(C)=O)[C@H](OC(C)=O)C(N)=O. The second-order valence-electron chi connectivity index (χ2n) is 4.46. The van der Waals surface area contributed by atoms with Crippen LogP contribution in [0.1, 0.15) is 27.7 Å². The van der Waals surface area contributed by atoms with Crippen LogP contribution in [0.15, 0.2) is 0 Å². The Balaban J connectivity index is 5.55. The average Bonchev–Trinajstić information content (AvgIpc) is 2.37. The van der Waals surface area contributed by atoms with Crippen molar-refractivity contribution in [2.24, 2.45) is 5.73 Å². The van der Waals surface area contributed by atoms with Crippen LogP contribution in [-0.2, 0) is 42.9 Å². The van der Waals surface area contributed by atoms with E-state index in [0.717, 1.165) is 27.7 Å². The molecule has 0 rings (SSSR count). The van der Waals surface area contributed by atoms with E-state index in [1.807, 2.05) is 0 Å². The zero-order valence-corrected chi connectivity index (χ0v) is 13.2. The lowest BCUT2D eigenvalue weighted by molar-refractivity contribution is -0.190. The van der Waals surface area contributed by atoms with Crippen molar-refractivity contribution >= 4 is 29.8 Å². The molecule has 0 heterocycles. The van der Waals surface area contributed by atoms with Gasteiger partial charge in [0.25, 0.3) is 5.91 Å². The molecule has 0 unspecified atom stereocenters. The van der Waals surface area contributed by atoms with Crippen LogP contribution in [0.25, 0.3) is 0 Å². The number of carbonyl (C=O) groups excluding carboxylic acids is 5. The van der Waals surface area contributed by atoms with E-state index in [0.29, 0.717) is 0 Å². The predicted molar refractivity (Wildman–Crippen MR) is 72.5 cm³/mol. The van der Waals surface area contributed by atoms with Crippen molar-refractivity contribution in [3.63, 3.8) is 0 Å². The number of esters is 4. The summed E-state index contributed by atoms with van der Waals surface area (Å²) >= 11 is 0. The van der Waals surface area contributed by atoms with E-state index in [9.17, 15) is 24.0 Å². The molecule has 10 nitrogen and oxygen atoms in total. The normalized spacial score (nSPS) is 13.9. The highest BCUT2D eigenvalue weighted by Gasteiger charge is 2.41. The summed E-state index contributed by atoms with van der Waals surface area (Å²) in [4.78, 5) is 55.9. The molecule has 0 aliphatic rings. The van der Waals surface area contributed by atoms with Gasteiger partial charge >= 0.3 is 23.9 Å². The number of hydrogen-bond donors (Lipinski definition) is 1. The van der Waals surface area contributed by atoms with Crippen LogP contribution in [0.2, 0.25) is 0 Å². The third-order valence-corrected chi connectivity index (χ3v) is 2.31. The van der Waals surface area contributed by atoms with Crippen molar-refractivity contribution in [2.45, 2.75) is 46.0 Å². The first-order valence-corrected chi connectivity index (χ1v) is 6.49. The minimum atomic E-state index is -1.73. The van der Waals surface area contributed by atoms with E-state index in [2.05, 4.69) is 0 Å². The Morgan fingerprint density at radius 3 is 1.61 bits per heavy atom. The van der Waals surface area contributed by atoms with Gasteiger partial charge < -0.3 is 24.7 Å². The fourth-order valence-corrected chi connectivity index (χ4v) is 1.60.